The molecule has 2 N–H and O–H groups in total. The molecule has 178 valence electrons. The number of hydrogen-bond acceptors (Lipinski definition) is 8. The van der Waals surface area contributed by atoms with Gasteiger partial charge in [0.1, 0.15) is 18.2 Å². The zero-order valence-corrected chi connectivity index (χ0v) is 20.0. The number of nitrogens with zero attached hydrogens (tertiary/aromatic N) is 5. The number of pyridine rings is 2. The van der Waals surface area contributed by atoms with Crippen LogP contribution in [0.4, 0.5) is 17.5 Å². The second kappa shape index (κ2) is 11.4. The predicted octanol–water partition coefficient (Wildman–Crippen LogP) is 4.45. The summed E-state index contributed by atoms with van der Waals surface area (Å²) in [5.74, 6) is 1.12. The minimum absolute atomic E-state index is 0.248. The predicted molar refractivity (Wildman–Crippen MR) is 137 cm³/mol. The Balaban J connectivity index is 1.39. The molecule has 1 amide bonds. The molecule has 0 fully saturated rings. The van der Waals surface area contributed by atoms with Crippen LogP contribution in [0.15, 0.2) is 73.2 Å². The molecule has 0 atom stereocenters. The quantitative estimate of drug-likeness (QED) is 0.332. The molecule has 0 aliphatic rings. The van der Waals surface area contributed by atoms with Crippen LogP contribution in [0.2, 0.25) is 5.02 Å². The summed E-state index contributed by atoms with van der Waals surface area (Å²) in [6.07, 6.45) is 8.23. The smallest absolute Gasteiger partial charge is 0.249 e. The Morgan fingerprint density at radius 3 is 2.77 bits per heavy atom. The number of hydrogen-bond donors (Lipinski definition) is 2. The molecule has 4 aromatic rings. The summed E-state index contributed by atoms with van der Waals surface area (Å²) in [5.41, 5.74) is 2.15. The summed E-state index contributed by atoms with van der Waals surface area (Å²) >= 11 is 6.39. The van der Waals surface area contributed by atoms with Gasteiger partial charge >= 0.3 is 0 Å². The van der Waals surface area contributed by atoms with E-state index in [0.29, 0.717) is 46.9 Å². The maximum Gasteiger partial charge on any atom is 0.249 e. The Labute approximate surface area is 207 Å². The average molecular weight is 490 g/mol. The van der Waals surface area contributed by atoms with E-state index in [4.69, 9.17) is 16.3 Å². The van der Waals surface area contributed by atoms with Crippen molar-refractivity contribution in [2.24, 2.45) is 0 Å². The fraction of sp³-hybridized carbons (Fsp3) is 0.160. The van der Waals surface area contributed by atoms with Crippen LogP contribution in [0.3, 0.4) is 0 Å². The Morgan fingerprint density at radius 2 is 2.00 bits per heavy atom. The van der Waals surface area contributed by atoms with E-state index < -0.39 is 0 Å². The van der Waals surface area contributed by atoms with Gasteiger partial charge in [-0.15, -0.1) is 0 Å². The van der Waals surface area contributed by atoms with Crippen LogP contribution in [-0.2, 0) is 11.4 Å². The van der Waals surface area contributed by atoms with Crippen molar-refractivity contribution >= 4 is 45.9 Å². The molecule has 4 rings (SSSR count). The molecule has 0 unspecified atom stereocenters. The van der Waals surface area contributed by atoms with Crippen molar-refractivity contribution in [2.45, 2.75) is 6.61 Å². The topological polar surface area (TPSA) is 105 Å². The number of rotatable bonds is 9. The summed E-state index contributed by atoms with van der Waals surface area (Å²) in [6, 6.07) is 12.7. The highest BCUT2D eigenvalue weighted by Gasteiger charge is 2.08. The number of halogens is 1. The van der Waals surface area contributed by atoms with Crippen molar-refractivity contribution in [3.05, 3.63) is 83.9 Å². The maximum atomic E-state index is 12.0. The standard InChI is InChI=1S/C25H24ClN7O2/c1-33(2)11-5-7-24(34)32-23-12-17-14-29-25(31-21(17)15-28-23)30-18-8-9-22(20(26)13-18)35-16-19-6-3-4-10-27-19/h3-10,12-15H,11,16H2,1-2H3,(H,28,32,34)(H,29,30,31)/b7-5+. The van der Waals surface area contributed by atoms with E-state index >= 15 is 0 Å². The van der Waals surface area contributed by atoms with Gasteiger partial charge in [-0.3, -0.25) is 9.78 Å². The summed E-state index contributed by atoms with van der Waals surface area (Å²) in [5, 5.41) is 7.07. The van der Waals surface area contributed by atoms with Crippen LogP contribution < -0.4 is 15.4 Å². The van der Waals surface area contributed by atoms with Gasteiger partial charge in [-0.2, -0.15) is 0 Å². The van der Waals surface area contributed by atoms with Gasteiger partial charge < -0.3 is 20.3 Å². The number of ether oxygens (including phenoxy) is 1. The molecule has 0 aliphatic heterocycles. The molecule has 35 heavy (non-hydrogen) atoms. The van der Waals surface area contributed by atoms with Crippen molar-refractivity contribution < 1.29 is 9.53 Å². The number of carbonyl (C=O) groups is 1. The lowest BCUT2D eigenvalue weighted by atomic mass is 10.3. The highest BCUT2D eigenvalue weighted by molar-refractivity contribution is 6.32. The number of likely N-dealkylation sites (N-methyl/N-ethyl adjacent to an activating group) is 1. The summed E-state index contributed by atoms with van der Waals surface area (Å²) < 4.78 is 5.76. The minimum atomic E-state index is -0.248. The third-order valence-electron chi connectivity index (χ3n) is 4.75. The number of nitrogens with one attached hydrogen (secondary N) is 2. The van der Waals surface area contributed by atoms with E-state index in [9.17, 15) is 4.79 Å². The van der Waals surface area contributed by atoms with Gasteiger partial charge in [0.05, 0.1) is 22.4 Å². The molecule has 9 nitrogen and oxygen atoms in total. The van der Waals surface area contributed by atoms with E-state index in [2.05, 4.69) is 30.6 Å². The molecule has 3 heterocycles. The van der Waals surface area contributed by atoms with Crippen LogP contribution in [0.25, 0.3) is 10.9 Å². The van der Waals surface area contributed by atoms with Crippen LogP contribution >= 0.6 is 11.6 Å². The summed E-state index contributed by atoms with van der Waals surface area (Å²) in [4.78, 5) is 31.3. The number of amides is 1. The normalized spacial score (nSPS) is 11.2. The van der Waals surface area contributed by atoms with E-state index in [1.807, 2.05) is 43.3 Å². The first-order valence-corrected chi connectivity index (χ1v) is 11.2. The van der Waals surface area contributed by atoms with Crippen molar-refractivity contribution in [1.29, 1.82) is 0 Å². The average Bonchev–Trinajstić information content (AvgIpc) is 2.84. The van der Waals surface area contributed by atoms with Crippen molar-refractivity contribution in [3.8, 4) is 5.75 Å². The Bertz CT molecular complexity index is 1350. The van der Waals surface area contributed by atoms with Crippen molar-refractivity contribution in [2.75, 3.05) is 31.3 Å². The highest BCUT2D eigenvalue weighted by Crippen LogP contribution is 2.29. The van der Waals surface area contributed by atoms with Gasteiger partial charge in [0.15, 0.2) is 0 Å². The first kappa shape index (κ1) is 24.1. The maximum absolute atomic E-state index is 12.0. The molecule has 10 heteroatoms. The van der Waals surface area contributed by atoms with Crippen LogP contribution in [0.1, 0.15) is 5.69 Å². The Morgan fingerprint density at radius 1 is 1.11 bits per heavy atom. The molecule has 0 radical (unpaired) electrons. The lowest BCUT2D eigenvalue weighted by Gasteiger charge is -2.10. The second-order valence-electron chi connectivity index (χ2n) is 7.86. The largest absolute Gasteiger partial charge is 0.486 e. The minimum Gasteiger partial charge on any atom is -0.486 e. The molecule has 1 aromatic carbocycles. The molecule has 0 bridgehead atoms. The van der Waals surface area contributed by atoms with Gasteiger partial charge in [0.2, 0.25) is 11.9 Å². The fourth-order valence-electron chi connectivity index (χ4n) is 3.06. The van der Waals surface area contributed by atoms with Gasteiger partial charge in [0, 0.05) is 36.1 Å². The van der Waals surface area contributed by atoms with Gasteiger partial charge in [-0.05, 0) is 50.5 Å². The number of aromatic nitrogens is 4. The van der Waals surface area contributed by atoms with Crippen molar-refractivity contribution in [3.63, 3.8) is 0 Å². The van der Waals surface area contributed by atoms with E-state index in [1.165, 1.54) is 6.08 Å². The van der Waals surface area contributed by atoms with Gasteiger partial charge in [-0.25, -0.2) is 15.0 Å². The molecule has 0 spiro atoms. The number of benzene rings is 1. The molecular weight excluding hydrogens is 466 g/mol. The van der Waals surface area contributed by atoms with E-state index in [1.54, 1.807) is 42.9 Å². The summed E-state index contributed by atoms with van der Waals surface area (Å²) in [7, 11) is 3.86. The fourth-order valence-corrected chi connectivity index (χ4v) is 3.30. The van der Waals surface area contributed by atoms with E-state index in [0.717, 1.165) is 11.1 Å². The second-order valence-corrected chi connectivity index (χ2v) is 8.26. The highest BCUT2D eigenvalue weighted by atomic mass is 35.5. The van der Waals surface area contributed by atoms with Gasteiger partial charge in [0.25, 0.3) is 0 Å². The lowest BCUT2D eigenvalue weighted by Crippen LogP contribution is -2.13. The van der Waals surface area contributed by atoms with E-state index in [-0.39, 0.29) is 5.91 Å². The van der Waals surface area contributed by atoms with Gasteiger partial charge in [-0.1, -0.05) is 23.7 Å². The zero-order chi connectivity index (χ0) is 24.6. The Kier molecular flexibility index (Phi) is 7.81. The van der Waals surface area contributed by atoms with Crippen molar-refractivity contribution in [1.82, 2.24) is 24.8 Å². The first-order chi connectivity index (χ1) is 17.0. The molecule has 0 aliphatic carbocycles. The Hall–Kier alpha value is -4.08. The lowest BCUT2D eigenvalue weighted by molar-refractivity contribution is -0.111. The summed E-state index contributed by atoms with van der Waals surface area (Å²) in [6.45, 7) is 0.997. The zero-order valence-electron chi connectivity index (χ0n) is 19.3. The molecule has 3 aromatic heterocycles. The molecule has 0 saturated heterocycles. The number of anilines is 3. The number of fused-ring (bicyclic) bond motifs is 1. The SMILES string of the molecule is CN(C)C/C=C/C(=O)Nc1cc2cnc(Nc3ccc(OCc4ccccn4)c(Cl)c3)nc2cn1. The third kappa shape index (κ3) is 6.95. The van der Waals surface area contributed by atoms with Crippen LogP contribution in [0, 0.1) is 0 Å². The van der Waals surface area contributed by atoms with Crippen LogP contribution in [-0.4, -0.2) is 51.4 Å². The van der Waals surface area contributed by atoms with Crippen LogP contribution in [0.5, 0.6) is 5.75 Å². The first-order valence-electron chi connectivity index (χ1n) is 10.8. The monoisotopic (exact) mass is 489 g/mol. The molecular formula is C25H24ClN7O2. The third-order valence-corrected chi connectivity index (χ3v) is 5.04. The number of carbonyl (C=O) groups excluding carboxylic acids is 1. The molecule has 0 saturated carbocycles.